The molecule has 3 heterocycles. The Balaban J connectivity index is 1.44. The lowest BCUT2D eigenvalue weighted by atomic mass is 9.88. The second kappa shape index (κ2) is 8.67. The van der Waals surface area contributed by atoms with Crippen molar-refractivity contribution < 1.29 is 17.3 Å². The predicted octanol–water partition coefficient (Wildman–Crippen LogP) is 5.31. The van der Waals surface area contributed by atoms with Crippen LogP contribution in [0.3, 0.4) is 0 Å². The highest BCUT2D eigenvalue weighted by Crippen LogP contribution is 2.39. The van der Waals surface area contributed by atoms with Crippen molar-refractivity contribution >= 4 is 20.9 Å². The van der Waals surface area contributed by atoms with Crippen molar-refractivity contribution in [3.63, 3.8) is 0 Å². The molecule has 178 valence electrons. The van der Waals surface area contributed by atoms with E-state index in [1.165, 1.54) is 17.0 Å². The highest BCUT2D eigenvalue weighted by atomic mass is 32.2. The van der Waals surface area contributed by atoms with Gasteiger partial charge in [-0.1, -0.05) is 35.5 Å². The zero-order valence-electron chi connectivity index (χ0n) is 19.6. The number of fused-ring (bicyclic) bond motifs is 1. The van der Waals surface area contributed by atoms with Crippen LogP contribution in [0.5, 0.6) is 0 Å². The monoisotopic (exact) mass is 481 g/mol. The van der Waals surface area contributed by atoms with Crippen molar-refractivity contribution in [2.75, 3.05) is 13.1 Å². The summed E-state index contributed by atoms with van der Waals surface area (Å²) in [7, 11) is -3.64. The van der Waals surface area contributed by atoms with E-state index in [-0.39, 0.29) is 16.6 Å². The molecule has 0 radical (unpaired) electrons. The summed E-state index contributed by atoms with van der Waals surface area (Å²) >= 11 is 0. The average molecular weight is 482 g/mol. The Hall–Kier alpha value is -2.97. The van der Waals surface area contributed by atoms with Gasteiger partial charge in [0.2, 0.25) is 10.0 Å². The largest absolute Gasteiger partial charge is 0.360 e. The van der Waals surface area contributed by atoms with Gasteiger partial charge in [-0.15, -0.1) is 0 Å². The lowest BCUT2D eigenvalue weighted by Crippen LogP contribution is -2.38. The highest BCUT2D eigenvalue weighted by Gasteiger charge is 2.35. The molecule has 0 bridgehead atoms. The molecule has 1 aliphatic heterocycles. The zero-order valence-corrected chi connectivity index (χ0v) is 20.4. The van der Waals surface area contributed by atoms with Crippen LogP contribution >= 0.6 is 0 Å². The van der Waals surface area contributed by atoms with Crippen molar-refractivity contribution in [1.29, 1.82) is 0 Å². The molecule has 2 aromatic carbocycles. The van der Waals surface area contributed by atoms with Crippen molar-refractivity contribution in [3.05, 3.63) is 82.6 Å². The Morgan fingerprint density at radius 1 is 1.06 bits per heavy atom. The quantitative estimate of drug-likeness (QED) is 0.387. The van der Waals surface area contributed by atoms with Crippen LogP contribution in [0, 0.1) is 26.6 Å². The molecule has 0 unspecified atom stereocenters. The van der Waals surface area contributed by atoms with Gasteiger partial charge in [0.25, 0.3) is 0 Å². The third kappa shape index (κ3) is 3.84. The van der Waals surface area contributed by atoms with E-state index >= 15 is 0 Å². The van der Waals surface area contributed by atoms with Crippen LogP contribution in [0.4, 0.5) is 4.39 Å². The summed E-state index contributed by atoms with van der Waals surface area (Å²) in [5.41, 5.74) is 4.84. The summed E-state index contributed by atoms with van der Waals surface area (Å²) in [6, 6.07) is 15.0. The van der Waals surface area contributed by atoms with Gasteiger partial charge in [-0.3, -0.25) is 0 Å². The summed E-state index contributed by atoms with van der Waals surface area (Å²) in [6.45, 7) is 6.88. The number of nitrogens with zero attached hydrogens (tertiary/aromatic N) is 3. The molecule has 34 heavy (non-hydrogen) atoms. The van der Waals surface area contributed by atoms with Gasteiger partial charge in [-0.2, -0.15) is 4.31 Å². The van der Waals surface area contributed by atoms with Gasteiger partial charge < -0.3 is 9.09 Å². The normalized spacial score (nSPS) is 15.9. The minimum absolute atomic E-state index is 0.189. The Bertz CT molecular complexity index is 1440. The maximum absolute atomic E-state index is 13.8. The molecule has 0 aliphatic carbocycles. The minimum Gasteiger partial charge on any atom is -0.360 e. The SMILES string of the molecule is Cc1noc(C)c1S(=O)(=O)N1CCC(c2c(C)n(Cc3cccc(F)c3)c3ccccc23)CC1. The van der Waals surface area contributed by atoms with Crippen LogP contribution in [0.15, 0.2) is 57.9 Å². The van der Waals surface area contributed by atoms with Crippen molar-refractivity contribution in [3.8, 4) is 0 Å². The van der Waals surface area contributed by atoms with Crippen LogP contribution in [0.2, 0.25) is 0 Å². The molecule has 4 aromatic rings. The molecule has 1 aliphatic rings. The first-order chi connectivity index (χ1) is 16.3. The molecule has 0 amide bonds. The summed E-state index contributed by atoms with van der Waals surface area (Å²) < 4.78 is 49.2. The minimum atomic E-state index is -3.64. The fraction of sp³-hybridized carbons (Fsp3) is 0.346. The molecule has 0 N–H and O–H groups in total. The third-order valence-electron chi connectivity index (χ3n) is 6.94. The summed E-state index contributed by atoms with van der Waals surface area (Å²) in [5.74, 6) is 0.337. The van der Waals surface area contributed by atoms with Gasteiger partial charge in [0.1, 0.15) is 16.4 Å². The second-order valence-corrected chi connectivity index (χ2v) is 10.9. The van der Waals surface area contributed by atoms with E-state index < -0.39 is 10.0 Å². The van der Waals surface area contributed by atoms with Gasteiger partial charge in [0.15, 0.2) is 5.76 Å². The van der Waals surface area contributed by atoms with Crippen molar-refractivity contribution in [2.24, 2.45) is 0 Å². The predicted molar refractivity (Wildman–Crippen MR) is 129 cm³/mol. The average Bonchev–Trinajstić information content (AvgIpc) is 3.30. The van der Waals surface area contributed by atoms with E-state index in [0.29, 0.717) is 31.1 Å². The Morgan fingerprint density at radius 2 is 1.79 bits per heavy atom. The zero-order chi connectivity index (χ0) is 24.0. The Kier molecular flexibility index (Phi) is 5.81. The summed E-state index contributed by atoms with van der Waals surface area (Å²) in [6.07, 6.45) is 1.47. The molecular formula is C26H28FN3O3S. The number of para-hydroxylation sites is 1. The van der Waals surface area contributed by atoms with Crippen molar-refractivity contribution in [2.45, 2.75) is 51.0 Å². The van der Waals surface area contributed by atoms with Gasteiger partial charge in [0.05, 0.1) is 0 Å². The first-order valence-corrected chi connectivity index (χ1v) is 13.0. The van der Waals surface area contributed by atoms with Crippen LogP contribution in [-0.4, -0.2) is 35.5 Å². The van der Waals surface area contributed by atoms with Crippen LogP contribution in [0.1, 0.15) is 47.0 Å². The first-order valence-electron chi connectivity index (χ1n) is 11.5. The highest BCUT2D eigenvalue weighted by molar-refractivity contribution is 7.89. The molecule has 1 fully saturated rings. The maximum Gasteiger partial charge on any atom is 0.248 e. The molecule has 0 atom stereocenters. The molecule has 8 heteroatoms. The number of halogens is 1. The molecule has 5 rings (SSSR count). The van der Waals surface area contributed by atoms with Crippen LogP contribution in [0.25, 0.3) is 10.9 Å². The Labute approximate surface area is 199 Å². The van der Waals surface area contributed by atoms with Crippen LogP contribution in [-0.2, 0) is 16.6 Å². The topological polar surface area (TPSA) is 68.3 Å². The van der Waals surface area contributed by atoms with E-state index in [9.17, 15) is 12.8 Å². The van der Waals surface area contributed by atoms with Crippen LogP contribution < -0.4 is 0 Å². The van der Waals surface area contributed by atoms with E-state index in [1.54, 1.807) is 30.3 Å². The van der Waals surface area contributed by atoms with Gasteiger partial charge in [0, 0.05) is 36.2 Å². The molecular weight excluding hydrogens is 453 g/mol. The van der Waals surface area contributed by atoms with E-state index in [4.69, 9.17) is 4.52 Å². The number of benzene rings is 2. The number of piperidine rings is 1. The van der Waals surface area contributed by atoms with Gasteiger partial charge >= 0.3 is 0 Å². The van der Waals surface area contributed by atoms with Gasteiger partial charge in [-0.05, 0) is 68.9 Å². The molecule has 6 nitrogen and oxygen atoms in total. The first kappa shape index (κ1) is 22.8. The standard InChI is InChI=1S/C26H28FN3O3S/c1-17-26(19(3)33-28-17)34(31,32)29-13-11-21(12-14-29)25-18(2)30(24-10-5-4-9-23(24)25)16-20-7-6-8-22(27)15-20/h4-10,15,21H,11-14,16H2,1-3H3. The fourth-order valence-corrected chi connectivity index (χ4v) is 7.11. The smallest absolute Gasteiger partial charge is 0.248 e. The number of rotatable bonds is 5. The van der Waals surface area contributed by atoms with Crippen molar-refractivity contribution in [1.82, 2.24) is 14.0 Å². The lowest BCUT2D eigenvalue weighted by Gasteiger charge is -2.31. The van der Waals surface area contributed by atoms with E-state index in [1.807, 2.05) is 18.2 Å². The fourth-order valence-electron chi connectivity index (χ4n) is 5.35. The number of hydrogen-bond donors (Lipinski definition) is 0. The maximum atomic E-state index is 13.8. The Morgan fingerprint density at radius 3 is 2.47 bits per heavy atom. The molecule has 0 spiro atoms. The number of hydrogen-bond acceptors (Lipinski definition) is 4. The summed E-state index contributed by atoms with van der Waals surface area (Å²) in [5, 5.41) is 5.00. The number of aromatic nitrogens is 2. The number of aryl methyl sites for hydroxylation is 2. The third-order valence-corrected chi connectivity index (χ3v) is 9.08. The van der Waals surface area contributed by atoms with E-state index in [0.717, 1.165) is 29.6 Å². The summed E-state index contributed by atoms with van der Waals surface area (Å²) in [4.78, 5) is 0.189. The van der Waals surface area contributed by atoms with E-state index in [2.05, 4.69) is 28.8 Å². The number of sulfonamides is 1. The molecule has 2 aromatic heterocycles. The lowest BCUT2D eigenvalue weighted by molar-refractivity contribution is 0.318. The molecule has 1 saturated heterocycles. The van der Waals surface area contributed by atoms with Gasteiger partial charge in [-0.25, -0.2) is 12.8 Å². The molecule has 0 saturated carbocycles. The second-order valence-electron chi connectivity index (χ2n) is 9.06.